The van der Waals surface area contributed by atoms with Crippen LogP contribution in [0.5, 0.6) is 5.75 Å². The fraction of sp³-hybridized carbons (Fsp3) is 0.381. The maximum absolute atomic E-state index is 12.4. The number of amides is 1. The van der Waals surface area contributed by atoms with Crippen LogP contribution in [0.25, 0.3) is 0 Å². The summed E-state index contributed by atoms with van der Waals surface area (Å²) in [7, 11) is 1.63. The van der Waals surface area contributed by atoms with Crippen molar-refractivity contribution in [1.82, 2.24) is 0 Å². The molecule has 2 N–H and O–H groups in total. The monoisotopic (exact) mass is 353 g/mol. The van der Waals surface area contributed by atoms with Gasteiger partial charge in [0, 0.05) is 24.0 Å². The summed E-state index contributed by atoms with van der Waals surface area (Å²) in [5.74, 6) is 0.658. The first-order valence-corrected chi connectivity index (χ1v) is 9.16. The maximum Gasteiger partial charge on any atom is 0.241 e. The number of nitrogens with zero attached hydrogens (tertiary/aromatic N) is 2. The Bertz CT molecular complexity index is 724. The molecule has 5 heteroatoms. The average Bonchev–Trinajstić information content (AvgIpc) is 3.52. The third-order valence-corrected chi connectivity index (χ3v) is 4.80. The van der Waals surface area contributed by atoms with Crippen molar-refractivity contribution in [3.63, 3.8) is 0 Å². The first kappa shape index (κ1) is 18.3. The Balaban J connectivity index is 1.76. The Morgan fingerprint density at radius 3 is 2.19 bits per heavy atom. The summed E-state index contributed by atoms with van der Waals surface area (Å²) in [5, 5.41) is 0. The van der Waals surface area contributed by atoms with Gasteiger partial charge in [0.15, 0.2) is 0 Å². The minimum Gasteiger partial charge on any atom is -0.497 e. The van der Waals surface area contributed by atoms with Crippen molar-refractivity contribution >= 4 is 17.3 Å². The van der Waals surface area contributed by atoms with Gasteiger partial charge in [-0.15, -0.1) is 0 Å². The number of ether oxygens (including phenoxy) is 1. The van der Waals surface area contributed by atoms with E-state index in [4.69, 9.17) is 10.5 Å². The van der Waals surface area contributed by atoms with Gasteiger partial charge in [-0.2, -0.15) is 0 Å². The van der Waals surface area contributed by atoms with Crippen LogP contribution < -0.4 is 20.3 Å². The molecule has 3 rings (SSSR count). The van der Waals surface area contributed by atoms with Crippen molar-refractivity contribution in [2.24, 2.45) is 5.73 Å². The van der Waals surface area contributed by atoms with Gasteiger partial charge in [0.05, 0.1) is 20.2 Å². The summed E-state index contributed by atoms with van der Waals surface area (Å²) < 4.78 is 5.19. The van der Waals surface area contributed by atoms with Gasteiger partial charge in [-0.25, -0.2) is 0 Å². The smallest absolute Gasteiger partial charge is 0.241 e. The van der Waals surface area contributed by atoms with Crippen molar-refractivity contribution in [1.29, 1.82) is 0 Å². The van der Waals surface area contributed by atoms with Gasteiger partial charge in [0.25, 0.3) is 0 Å². The van der Waals surface area contributed by atoms with Crippen molar-refractivity contribution in [2.75, 3.05) is 30.0 Å². The Morgan fingerprint density at radius 1 is 1.08 bits per heavy atom. The third kappa shape index (κ3) is 4.17. The van der Waals surface area contributed by atoms with E-state index < -0.39 is 0 Å². The molecule has 2 aromatic rings. The molecular weight excluding hydrogens is 326 g/mol. The van der Waals surface area contributed by atoms with E-state index in [0.717, 1.165) is 23.5 Å². The molecule has 0 saturated heterocycles. The summed E-state index contributed by atoms with van der Waals surface area (Å²) in [6, 6.07) is 16.7. The number of benzene rings is 2. The fourth-order valence-electron chi connectivity index (χ4n) is 3.21. The zero-order valence-electron chi connectivity index (χ0n) is 15.5. The minimum atomic E-state index is -0.104. The molecule has 1 fully saturated rings. The molecule has 0 bridgehead atoms. The highest BCUT2D eigenvalue weighted by Gasteiger charge is 2.28. The molecular formula is C21H27N3O2. The molecule has 26 heavy (non-hydrogen) atoms. The van der Waals surface area contributed by atoms with Crippen LogP contribution in [-0.4, -0.2) is 32.1 Å². The number of carbonyl (C=O) groups excluding carboxylic acids is 1. The van der Waals surface area contributed by atoms with Gasteiger partial charge >= 0.3 is 0 Å². The highest BCUT2D eigenvalue weighted by Crippen LogP contribution is 2.31. The molecule has 0 radical (unpaired) electrons. The van der Waals surface area contributed by atoms with E-state index in [2.05, 4.69) is 36.1 Å². The number of anilines is 2. The highest BCUT2D eigenvalue weighted by atomic mass is 16.5. The van der Waals surface area contributed by atoms with Crippen LogP contribution in [0, 0.1) is 0 Å². The number of carbonyl (C=O) groups is 1. The zero-order chi connectivity index (χ0) is 18.5. The van der Waals surface area contributed by atoms with Gasteiger partial charge in [-0.05, 0) is 61.7 Å². The number of methoxy groups -OCH3 is 1. The molecule has 1 aliphatic carbocycles. The van der Waals surface area contributed by atoms with E-state index in [1.165, 1.54) is 18.5 Å². The standard InChI is InChI=1S/C21H27N3O2/c1-3-23(18-8-9-18)17-6-4-16(5-7-17)15-24(21(25)14-22)19-10-12-20(26-2)13-11-19/h4-7,10-13,18H,3,8-9,14-15,22H2,1-2H3. The second-order valence-electron chi connectivity index (χ2n) is 6.57. The van der Waals surface area contributed by atoms with Crippen LogP contribution in [-0.2, 0) is 11.3 Å². The van der Waals surface area contributed by atoms with Crippen LogP contribution in [0.4, 0.5) is 11.4 Å². The predicted molar refractivity (Wildman–Crippen MR) is 106 cm³/mol. The molecule has 2 aromatic carbocycles. The number of hydrogen-bond donors (Lipinski definition) is 1. The summed E-state index contributed by atoms with van der Waals surface area (Å²) in [6.07, 6.45) is 2.57. The minimum absolute atomic E-state index is 0.0184. The van der Waals surface area contributed by atoms with Crippen molar-refractivity contribution in [3.05, 3.63) is 54.1 Å². The molecule has 5 nitrogen and oxygen atoms in total. The Morgan fingerprint density at radius 2 is 1.69 bits per heavy atom. The number of hydrogen-bond acceptors (Lipinski definition) is 4. The lowest BCUT2D eigenvalue weighted by Gasteiger charge is -2.25. The summed E-state index contributed by atoms with van der Waals surface area (Å²) in [4.78, 5) is 16.5. The van der Waals surface area contributed by atoms with Crippen molar-refractivity contribution in [2.45, 2.75) is 32.4 Å². The van der Waals surface area contributed by atoms with E-state index in [1.54, 1.807) is 12.0 Å². The van der Waals surface area contributed by atoms with Crippen molar-refractivity contribution < 1.29 is 9.53 Å². The SMILES string of the molecule is CCN(c1ccc(CN(C(=O)CN)c2ccc(OC)cc2)cc1)C1CC1. The Kier molecular flexibility index (Phi) is 5.78. The molecule has 1 saturated carbocycles. The second kappa shape index (κ2) is 8.23. The Hall–Kier alpha value is -2.53. The van der Waals surface area contributed by atoms with Crippen LogP contribution >= 0.6 is 0 Å². The molecule has 0 atom stereocenters. The molecule has 0 unspecified atom stereocenters. The molecule has 0 aliphatic heterocycles. The van der Waals surface area contributed by atoms with Gasteiger partial charge in [0.2, 0.25) is 5.91 Å². The van der Waals surface area contributed by atoms with E-state index in [0.29, 0.717) is 12.6 Å². The van der Waals surface area contributed by atoms with E-state index >= 15 is 0 Å². The van der Waals surface area contributed by atoms with Gasteiger partial charge < -0.3 is 20.3 Å². The first-order chi connectivity index (χ1) is 12.7. The second-order valence-corrected chi connectivity index (χ2v) is 6.57. The quantitative estimate of drug-likeness (QED) is 0.792. The van der Waals surface area contributed by atoms with Crippen LogP contribution in [0.2, 0.25) is 0 Å². The van der Waals surface area contributed by atoms with E-state index in [1.807, 2.05) is 24.3 Å². The fourth-order valence-corrected chi connectivity index (χ4v) is 3.21. The Labute approximate surface area is 155 Å². The normalized spacial score (nSPS) is 13.3. The highest BCUT2D eigenvalue weighted by molar-refractivity contribution is 5.94. The largest absolute Gasteiger partial charge is 0.497 e. The van der Waals surface area contributed by atoms with Gasteiger partial charge in [-0.1, -0.05) is 12.1 Å². The molecule has 138 valence electrons. The lowest BCUT2D eigenvalue weighted by atomic mass is 10.1. The molecule has 0 heterocycles. The summed E-state index contributed by atoms with van der Waals surface area (Å²) >= 11 is 0. The lowest BCUT2D eigenvalue weighted by Crippen LogP contribution is -2.35. The molecule has 1 amide bonds. The predicted octanol–water partition coefficient (Wildman–Crippen LogP) is 3.18. The summed E-state index contributed by atoms with van der Waals surface area (Å²) in [6.45, 7) is 3.69. The number of nitrogens with two attached hydrogens (primary N) is 1. The van der Waals surface area contributed by atoms with Crippen molar-refractivity contribution in [3.8, 4) is 5.75 Å². The molecule has 0 aromatic heterocycles. The lowest BCUT2D eigenvalue weighted by molar-refractivity contribution is -0.117. The van der Waals surface area contributed by atoms with E-state index in [9.17, 15) is 4.79 Å². The van der Waals surface area contributed by atoms with Crippen LogP contribution in [0.1, 0.15) is 25.3 Å². The first-order valence-electron chi connectivity index (χ1n) is 9.16. The molecule has 1 aliphatic rings. The van der Waals surface area contributed by atoms with E-state index in [-0.39, 0.29) is 12.5 Å². The van der Waals surface area contributed by atoms with Gasteiger partial charge in [-0.3, -0.25) is 4.79 Å². The van der Waals surface area contributed by atoms with Gasteiger partial charge in [0.1, 0.15) is 5.75 Å². The van der Waals surface area contributed by atoms with Crippen LogP contribution in [0.3, 0.4) is 0 Å². The summed E-state index contributed by atoms with van der Waals surface area (Å²) in [5.41, 5.74) is 8.77. The zero-order valence-corrected chi connectivity index (χ0v) is 15.5. The topological polar surface area (TPSA) is 58.8 Å². The molecule has 0 spiro atoms. The maximum atomic E-state index is 12.4. The third-order valence-electron chi connectivity index (χ3n) is 4.80. The van der Waals surface area contributed by atoms with Crippen LogP contribution in [0.15, 0.2) is 48.5 Å². The average molecular weight is 353 g/mol. The number of rotatable bonds is 8.